The standard InChI is InChI=1S/C14H19NO3/c1-3-14(2,16)11-8-12(15-9-11)10-18-13-6-4-5-7-17-13/h1,8-9,13,15-16H,4-7,10H2,2H3. The minimum atomic E-state index is -1.24. The molecule has 1 saturated heterocycles. The molecule has 2 atom stereocenters. The van der Waals surface area contributed by atoms with Crippen LogP contribution in [-0.4, -0.2) is 23.0 Å². The molecule has 1 aromatic heterocycles. The van der Waals surface area contributed by atoms with E-state index in [0.717, 1.165) is 31.6 Å². The van der Waals surface area contributed by atoms with Gasteiger partial charge in [0.05, 0.1) is 6.61 Å². The van der Waals surface area contributed by atoms with E-state index in [9.17, 15) is 5.11 Å². The van der Waals surface area contributed by atoms with Crippen LogP contribution in [0.2, 0.25) is 0 Å². The molecule has 2 heterocycles. The van der Waals surface area contributed by atoms with Crippen molar-refractivity contribution in [1.29, 1.82) is 0 Å². The fourth-order valence-electron chi connectivity index (χ4n) is 1.91. The zero-order chi connectivity index (χ0) is 13.0. The lowest BCUT2D eigenvalue weighted by atomic mass is 10.0. The van der Waals surface area contributed by atoms with Crippen LogP contribution >= 0.6 is 0 Å². The second-order valence-corrected chi connectivity index (χ2v) is 4.74. The van der Waals surface area contributed by atoms with Gasteiger partial charge < -0.3 is 19.6 Å². The van der Waals surface area contributed by atoms with Crippen LogP contribution < -0.4 is 0 Å². The van der Waals surface area contributed by atoms with Gasteiger partial charge in [-0.25, -0.2) is 0 Å². The molecule has 0 saturated carbocycles. The quantitative estimate of drug-likeness (QED) is 0.801. The van der Waals surface area contributed by atoms with E-state index in [1.807, 2.05) is 6.07 Å². The van der Waals surface area contributed by atoms with E-state index in [4.69, 9.17) is 15.9 Å². The Bertz CT molecular complexity index is 424. The van der Waals surface area contributed by atoms with Crippen molar-refractivity contribution in [1.82, 2.24) is 4.98 Å². The molecular formula is C14H19NO3. The molecule has 1 aliphatic rings. The molecule has 0 amide bonds. The number of aromatic nitrogens is 1. The van der Waals surface area contributed by atoms with Crippen LogP contribution in [0.3, 0.4) is 0 Å². The van der Waals surface area contributed by atoms with Crippen molar-refractivity contribution in [2.45, 2.75) is 44.7 Å². The highest BCUT2D eigenvalue weighted by molar-refractivity contribution is 5.29. The molecule has 0 aliphatic carbocycles. The summed E-state index contributed by atoms with van der Waals surface area (Å²) in [5, 5.41) is 9.90. The van der Waals surface area contributed by atoms with Gasteiger partial charge in [-0.1, -0.05) is 5.92 Å². The van der Waals surface area contributed by atoms with E-state index in [1.54, 1.807) is 13.1 Å². The van der Waals surface area contributed by atoms with Crippen molar-refractivity contribution in [3.05, 3.63) is 23.5 Å². The largest absolute Gasteiger partial charge is 0.374 e. The number of aromatic amines is 1. The summed E-state index contributed by atoms with van der Waals surface area (Å²) >= 11 is 0. The van der Waals surface area contributed by atoms with Gasteiger partial charge in [-0.3, -0.25) is 0 Å². The number of hydrogen-bond donors (Lipinski definition) is 2. The second-order valence-electron chi connectivity index (χ2n) is 4.74. The number of hydrogen-bond acceptors (Lipinski definition) is 3. The van der Waals surface area contributed by atoms with Gasteiger partial charge >= 0.3 is 0 Å². The zero-order valence-electron chi connectivity index (χ0n) is 10.6. The molecular weight excluding hydrogens is 230 g/mol. The number of nitrogens with one attached hydrogen (secondary N) is 1. The van der Waals surface area contributed by atoms with Crippen molar-refractivity contribution >= 4 is 0 Å². The molecule has 2 N–H and O–H groups in total. The van der Waals surface area contributed by atoms with Crippen molar-refractivity contribution in [2.75, 3.05) is 6.61 Å². The average Bonchev–Trinajstić information content (AvgIpc) is 2.87. The predicted octanol–water partition coefficient (Wildman–Crippen LogP) is 1.90. The highest BCUT2D eigenvalue weighted by Gasteiger charge is 2.21. The van der Waals surface area contributed by atoms with E-state index in [-0.39, 0.29) is 6.29 Å². The lowest BCUT2D eigenvalue weighted by Gasteiger charge is -2.22. The minimum absolute atomic E-state index is 0.112. The molecule has 0 radical (unpaired) electrons. The summed E-state index contributed by atoms with van der Waals surface area (Å²) in [5.74, 6) is 2.35. The third kappa shape index (κ3) is 3.14. The van der Waals surface area contributed by atoms with E-state index < -0.39 is 5.60 Å². The number of ether oxygens (including phenoxy) is 2. The van der Waals surface area contributed by atoms with Crippen molar-refractivity contribution in [3.8, 4) is 12.3 Å². The van der Waals surface area contributed by atoms with Gasteiger partial charge in [0.1, 0.15) is 5.60 Å². The van der Waals surface area contributed by atoms with E-state index in [1.165, 1.54) is 0 Å². The lowest BCUT2D eigenvalue weighted by molar-refractivity contribution is -0.169. The molecule has 98 valence electrons. The number of H-pyrrole nitrogens is 1. The van der Waals surface area contributed by atoms with Crippen molar-refractivity contribution in [2.24, 2.45) is 0 Å². The van der Waals surface area contributed by atoms with Crippen molar-refractivity contribution < 1.29 is 14.6 Å². The van der Waals surface area contributed by atoms with Crippen LogP contribution in [0.5, 0.6) is 0 Å². The van der Waals surface area contributed by atoms with Gasteiger partial charge in [-0.15, -0.1) is 6.42 Å². The summed E-state index contributed by atoms with van der Waals surface area (Å²) in [7, 11) is 0. The first-order chi connectivity index (χ1) is 8.62. The summed E-state index contributed by atoms with van der Waals surface area (Å²) in [4.78, 5) is 3.05. The van der Waals surface area contributed by atoms with E-state index in [2.05, 4.69) is 10.9 Å². The van der Waals surface area contributed by atoms with Gasteiger partial charge in [0.25, 0.3) is 0 Å². The molecule has 1 aromatic rings. The minimum Gasteiger partial charge on any atom is -0.374 e. The third-order valence-electron chi connectivity index (χ3n) is 3.15. The Morgan fingerprint density at radius 3 is 3.17 bits per heavy atom. The van der Waals surface area contributed by atoms with Crippen molar-refractivity contribution in [3.63, 3.8) is 0 Å². The molecule has 2 rings (SSSR count). The van der Waals surface area contributed by atoms with Gasteiger partial charge in [0, 0.05) is 24.1 Å². The topological polar surface area (TPSA) is 54.5 Å². The monoisotopic (exact) mass is 249 g/mol. The first-order valence-corrected chi connectivity index (χ1v) is 6.23. The number of terminal acetylenes is 1. The third-order valence-corrected chi connectivity index (χ3v) is 3.15. The average molecular weight is 249 g/mol. The molecule has 0 bridgehead atoms. The number of rotatable bonds is 4. The Morgan fingerprint density at radius 2 is 2.50 bits per heavy atom. The Hall–Kier alpha value is -1.28. The Kier molecular flexibility index (Phi) is 4.07. The fourth-order valence-corrected chi connectivity index (χ4v) is 1.91. The molecule has 0 aromatic carbocycles. The van der Waals surface area contributed by atoms with Crippen LogP contribution in [0.1, 0.15) is 37.4 Å². The van der Waals surface area contributed by atoms with Gasteiger partial charge in [-0.05, 0) is 32.3 Å². The van der Waals surface area contributed by atoms with Gasteiger partial charge in [-0.2, -0.15) is 0 Å². The maximum Gasteiger partial charge on any atom is 0.158 e. The normalized spacial score (nSPS) is 23.3. The van der Waals surface area contributed by atoms with Crippen LogP contribution in [0, 0.1) is 12.3 Å². The SMILES string of the molecule is C#CC(C)(O)c1c[nH]c(COC2CCCCO2)c1. The van der Waals surface area contributed by atoms with Crippen LogP contribution in [0.25, 0.3) is 0 Å². The molecule has 1 fully saturated rings. The van der Waals surface area contributed by atoms with E-state index in [0.29, 0.717) is 12.2 Å². The Balaban J connectivity index is 1.89. The summed E-state index contributed by atoms with van der Waals surface area (Å²) in [6, 6.07) is 1.82. The van der Waals surface area contributed by atoms with Crippen LogP contribution in [-0.2, 0) is 21.7 Å². The second kappa shape index (κ2) is 5.57. The summed E-state index contributed by atoms with van der Waals surface area (Å²) in [5.41, 5.74) is 0.318. The summed E-state index contributed by atoms with van der Waals surface area (Å²) < 4.78 is 11.1. The predicted molar refractivity (Wildman–Crippen MR) is 67.6 cm³/mol. The van der Waals surface area contributed by atoms with E-state index >= 15 is 0 Å². The molecule has 4 heteroatoms. The molecule has 4 nitrogen and oxygen atoms in total. The van der Waals surface area contributed by atoms with Gasteiger partial charge in [0.15, 0.2) is 6.29 Å². The molecule has 18 heavy (non-hydrogen) atoms. The highest BCUT2D eigenvalue weighted by Crippen LogP contribution is 2.21. The van der Waals surface area contributed by atoms with Gasteiger partial charge in [0.2, 0.25) is 0 Å². The molecule has 1 aliphatic heterocycles. The maximum absolute atomic E-state index is 9.90. The van der Waals surface area contributed by atoms with Crippen LogP contribution in [0.4, 0.5) is 0 Å². The summed E-state index contributed by atoms with van der Waals surface area (Å²) in [6.07, 6.45) is 10.1. The molecule has 2 unspecified atom stereocenters. The number of aliphatic hydroxyl groups is 1. The molecule has 0 spiro atoms. The Labute approximate surface area is 107 Å². The highest BCUT2D eigenvalue weighted by atomic mass is 16.7. The lowest BCUT2D eigenvalue weighted by Crippen LogP contribution is -2.22. The zero-order valence-corrected chi connectivity index (χ0v) is 10.6. The fraction of sp³-hybridized carbons (Fsp3) is 0.571. The smallest absolute Gasteiger partial charge is 0.158 e. The summed E-state index contributed by atoms with van der Waals surface area (Å²) in [6.45, 7) is 2.79. The first-order valence-electron chi connectivity index (χ1n) is 6.23. The van der Waals surface area contributed by atoms with Crippen LogP contribution in [0.15, 0.2) is 12.3 Å². The maximum atomic E-state index is 9.90. The Morgan fingerprint density at radius 1 is 1.67 bits per heavy atom. The first kappa shape index (κ1) is 13.2.